The van der Waals surface area contributed by atoms with Crippen LogP contribution < -0.4 is 16.4 Å². The van der Waals surface area contributed by atoms with Crippen molar-refractivity contribution in [1.29, 1.82) is 0 Å². The molecule has 0 radical (unpaired) electrons. The van der Waals surface area contributed by atoms with E-state index in [4.69, 9.17) is 10.2 Å². The Morgan fingerprint density at radius 3 is 2.58 bits per heavy atom. The van der Waals surface area contributed by atoms with Crippen molar-refractivity contribution < 1.29 is 9.21 Å². The van der Waals surface area contributed by atoms with E-state index in [2.05, 4.69) is 20.6 Å². The molecule has 1 heterocycles. The van der Waals surface area contributed by atoms with Crippen LogP contribution in [0.2, 0.25) is 0 Å². The molecule has 4 N–H and O–H groups in total. The van der Waals surface area contributed by atoms with Gasteiger partial charge in [0.15, 0.2) is 5.96 Å². The summed E-state index contributed by atoms with van der Waals surface area (Å²) in [6.07, 6.45) is 0. The van der Waals surface area contributed by atoms with E-state index in [0.717, 1.165) is 17.0 Å². The van der Waals surface area contributed by atoms with Gasteiger partial charge in [0.2, 0.25) is 11.8 Å². The number of rotatable bonds is 5. The molecule has 0 spiro atoms. The van der Waals surface area contributed by atoms with Crippen molar-refractivity contribution in [3.63, 3.8) is 0 Å². The van der Waals surface area contributed by atoms with Crippen molar-refractivity contribution in [2.75, 3.05) is 7.05 Å². The monoisotopic (exact) mass is 443 g/mol. The number of hydrogen-bond donors (Lipinski definition) is 3. The van der Waals surface area contributed by atoms with Crippen LogP contribution in [-0.2, 0) is 13.1 Å². The molecule has 0 unspecified atom stereocenters. The third-order valence-corrected chi connectivity index (χ3v) is 3.37. The number of aryl methyl sites for hydroxylation is 2. The Labute approximate surface area is 158 Å². The molecular weight excluding hydrogens is 421 g/mol. The number of benzene rings is 1. The standard InChI is InChI=1S/C16H21N5O2.HI/c1-10-11(2)23-14(21-10)9-20-16(18-3)19-8-12-5-4-6-13(7-12)15(17)22;/h4-7H,8-9H2,1-3H3,(H2,17,22)(H2,18,19,20);1H. The molecule has 130 valence electrons. The first-order chi connectivity index (χ1) is 11.0. The molecule has 0 fully saturated rings. The van der Waals surface area contributed by atoms with E-state index in [9.17, 15) is 4.79 Å². The summed E-state index contributed by atoms with van der Waals surface area (Å²) in [6, 6.07) is 7.15. The zero-order valence-electron chi connectivity index (χ0n) is 13.9. The lowest BCUT2D eigenvalue weighted by molar-refractivity contribution is 0.1000. The van der Waals surface area contributed by atoms with E-state index in [1.54, 1.807) is 25.2 Å². The molecule has 8 heteroatoms. The zero-order chi connectivity index (χ0) is 16.8. The Morgan fingerprint density at radius 1 is 1.29 bits per heavy atom. The number of carbonyl (C=O) groups is 1. The van der Waals surface area contributed by atoms with Gasteiger partial charge >= 0.3 is 0 Å². The molecule has 1 amide bonds. The fraction of sp³-hybridized carbons (Fsp3) is 0.312. The smallest absolute Gasteiger partial charge is 0.248 e. The lowest BCUT2D eigenvalue weighted by Gasteiger charge is -2.11. The topological polar surface area (TPSA) is 106 Å². The molecule has 0 bridgehead atoms. The number of oxazole rings is 1. The Hall–Kier alpha value is -2.10. The summed E-state index contributed by atoms with van der Waals surface area (Å²) in [4.78, 5) is 19.6. The number of nitrogens with one attached hydrogen (secondary N) is 2. The maximum absolute atomic E-state index is 11.2. The molecule has 24 heavy (non-hydrogen) atoms. The zero-order valence-corrected chi connectivity index (χ0v) is 16.3. The van der Waals surface area contributed by atoms with Gasteiger partial charge in [-0.1, -0.05) is 12.1 Å². The number of halogens is 1. The van der Waals surface area contributed by atoms with E-state index >= 15 is 0 Å². The first-order valence-corrected chi connectivity index (χ1v) is 7.25. The molecule has 0 aliphatic rings. The van der Waals surface area contributed by atoms with Gasteiger partial charge in [-0.2, -0.15) is 0 Å². The van der Waals surface area contributed by atoms with Gasteiger partial charge < -0.3 is 20.8 Å². The third kappa shape index (κ3) is 5.52. The molecule has 1 aromatic heterocycles. The summed E-state index contributed by atoms with van der Waals surface area (Å²) in [5.41, 5.74) is 7.58. The molecule has 0 aliphatic heterocycles. The molecule has 0 atom stereocenters. The Morgan fingerprint density at radius 2 is 2.00 bits per heavy atom. The van der Waals surface area contributed by atoms with Crippen LogP contribution in [0.25, 0.3) is 0 Å². The number of aliphatic imine (C=N–C) groups is 1. The maximum Gasteiger partial charge on any atom is 0.248 e. The summed E-state index contributed by atoms with van der Waals surface area (Å²) in [7, 11) is 1.68. The summed E-state index contributed by atoms with van der Waals surface area (Å²) in [5, 5.41) is 6.29. The largest absolute Gasteiger partial charge is 0.444 e. The van der Waals surface area contributed by atoms with Crippen molar-refractivity contribution in [3.05, 3.63) is 52.7 Å². The van der Waals surface area contributed by atoms with Gasteiger partial charge in [-0.3, -0.25) is 9.79 Å². The number of primary amides is 1. The molecular formula is C16H22IN5O2. The van der Waals surface area contributed by atoms with Crippen molar-refractivity contribution >= 4 is 35.8 Å². The van der Waals surface area contributed by atoms with Crippen molar-refractivity contribution in [1.82, 2.24) is 15.6 Å². The minimum atomic E-state index is -0.441. The first kappa shape index (κ1) is 19.9. The Kier molecular flexibility index (Phi) is 7.69. The minimum absolute atomic E-state index is 0. The van der Waals surface area contributed by atoms with Gasteiger partial charge in [0.05, 0.1) is 12.2 Å². The van der Waals surface area contributed by atoms with Gasteiger partial charge in [0.1, 0.15) is 5.76 Å². The molecule has 2 rings (SSSR count). The normalized spacial score (nSPS) is 10.9. The van der Waals surface area contributed by atoms with E-state index in [0.29, 0.717) is 30.5 Å². The number of amides is 1. The summed E-state index contributed by atoms with van der Waals surface area (Å²) in [5.74, 6) is 1.60. The van der Waals surface area contributed by atoms with Gasteiger partial charge in [-0.25, -0.2) is 4.98 Å². The quantitative estimate of drug-likeness (QED) is 0.372. The van der Waals surface area contributed by atoms with Crippen LogP contribution >= 0.6 is 24.0 Å². The summed E-state index contributed by atoms with van der Waals surface area (Å²) in [6.45, 7) is 4.74. The number of aromatic nitrogens is 1. The SMILES string of the molecule is CN=C(NCc1cccc(C(N)=O)c1)NCc1nc(C)c(C)o1.I. The molecule has 7 nitrogen and oxygen atoms in total. The predicted octanol–water partition coefficient (Wildman–Crippen LogP) is 1.87. The second-order valence-corrected chi connectivity index (χ2v) is 5.09. The van der Waals surface area contributed by atoms with Gasteiger partial charge in [-0.15, -0.1) is 24.0 Å². The summed E-state index contributed by atoms with van der Waals surface area (Å²) < 4.78 is 5.51. The number of nitrogens with zero attached hydrogens (tertiary/aromatic N) is 2. The van der Waals surface area contributed by atoms with E-state index in [1.165, 1.54) is 0 Å². The van der Waals surface area contributed by atoms with Gasteiger partial charge in [0.25, 0.3) is 0 Å². The molecule has 0 aliphatic carbocycles. The van der Waals surface area contributed by atoms with E-state index in [1.807, 2.05) is 19.9 Å². The molecule has 0 saturated heterocycles. The average molecular weight is 443 g/mol. The van der Waals surface area contributed by atoms with Crippen LogP contribution in [0.3, 0.4) is 0 Å². The summed E-state index contributed by atoms with van der Waals surface area (Å²) >= 11 is 0. The highest BCUT2D eigenvalue weighted by molar-refractivity contribution is 14.0. The number of hydrogen-bond acceptors (Lipinski definition) is 4. The first-order valence-electron chi connectivity index (χ1n) is 7.25. The second-order valence-electron chi connectivity index (χ2n) is 5.09. The van der Waals surface area contributed by atoms with Crippen LogP contribution in [0.1, 0.15) is 33.3 Å². The van der Waals surface area contributed by atoms with Crippen LogP contribution in [-0.4, -0.2) is 23.9 Å². The molecule has 1 aromatic carbocycles. The average Bonchev–Trinajstić information content (AvgIpc) is 2.86. The maximum atomic E-state index is 11.2. The van der Waals surface area contributed by atoms with E-state index in [-0.39, 0.29) is 24.0 Å². The Balaban J connectivity index is 0.00000288. The van der Waals surface area contributed by atoms with Crippen LogP contribution in [0.4, 0.5) is 0 Å². The number of nitrogens with two attached hydrogens (primary N) is 1. The highest BCUT2D eigenvalue weighted by atomic mass is 127. The molecule has 0 saturated carbocycles. The lowest BCUT2D eigenvalue weighted by Crippen LogP contribution is -2.36. The van der Waals surface area contributed by atoms with Crippen molar-refractivity contribution in [2.24, 2.45) is 10.7 Å². The van der Waals surface area contributed by atoms with Crippen LogP contribution in [0, 0.1) is 13.8 Å². The third-order valence-electron chi connectivity index (χ3n) is 3.37. The number of carbonyl (C=O) groups excluding carboxylic acids is 1. The Bertz CT molecular complexity index is 708. The van der Waals surface area contributed by atoms with Crippen molar-refractivity contribution in [3.8, 4) is 0 Å². The van der Waals surface area contributed by atoms with Crippen molar-refractivity contribution in [2.45, 2.75) is 26.9 Å². The van der Waals surface area contributed by atoms with Gasteiger partial charge in [0, 0.05) is 19.2 Å². The second kappa shape index (κ2) is 9.26. The van der Waals surface area contributed by atoms with Crippen LogP contribution in [0.5, 0.6) is 0 Å². The van der Waals surface area contributed by atoms with E-state index < -0.39 is 5.91 Å². The molecule has 2 aromatic rings. The lowest BCUT2D eigenvalue weighted by atomic mass is 10.1. The number of guanidine groups is 1. The predicted molar refractivity (Wildman–Crippen MR) is 103 cm³/mol. The fourth-order valence-corrected chi connectivity index (χ4v) is 2.02. The minimum Gasteiger partial charge on any atom is -0.444 e. The fourth-order valence-electron chi connectivity index (χ4n) is 2.02. The highest BCUT2D eigenvalue weighted by Gasteiger charge is 2.07. The highest BCUT2D eigenvalue weighted by Crippen LogP contribution is 2.07. The van der Waals surface area contributed by atoms with Crippen LogP contribution in [0.15, 0.2) is 33.7 Å². The van der Waals surface area contributed by atoms with Gasteiger partial charge in [-0.05, 0) is 31.5 Å².